The maximum atomic E-state index is 12.8. The third kappa shape index (κ3) is 3.73. The van der Waals surface area contributed by atoms with Crippen LogP contribution >= 0.6 is 11.3 Å². The zero-order valence-corrected chi connectivity index (χ0v) is 19.3. The summed E-state index contributed by atoms with van der Waals surface area (Å²) in [7, 11) is 1.65. The van der Waals surface area contributed by atoms with Gasteiger partial charge in [0, 0.05) is 42.3 Å². The Kier molecular flexibility index (Phi) is 5.35. The molecule has 5 rings (SSSR count). The molecule has 164 valence electrons. The average Bonchev–Trinajstić information content (AvgIpc) is 3.24. The number of hydrogen-bond donors (Lipinski definition) is 1. The number of H-pyrrole nitrogens is 1. The summed E-state index contributed by atoms with van der Waals surface area (Å²) < 4.78 is 5.93. The lowest BCUT2D eigenvalue weighted by Gasteiger charge is -2.41. The number of aromatic nitrogens is 2. The number of benzene rings is 2. The Labute approximate surface area is 191 Å². The number of nitrogens with zero attached hydrogens (tertiary/aromatic N) is 3. The van der Waals surface area contributed by atoms with E-state index in [2.05, 4.69) is 52.9 Å². The molecule has 7 heteroatoms. The average molecular weight is 447 g/mol. The molecule has 1 fully saturated rings. The lowest BCUT2D eigenvalue weighted by Crippen LogP contribution is -2.52. The number of rotatable bonds is 4. The fourth-order valence-corrected chi connectivity index (χ4v) is 5.29. The maximum absolute atomic E-state index is 12.8. The Bertz CT molecular complexity index is 1310. The van der Waals surface area contributed by atoms with Crippen molar-refractivity contribution in [2.24, 2.45) is 0 Å². The molecule has 3 heterocycles. The van der Waals surface area contributed by atoms with Gasteiger partial charge in [0.15, 0.2) is 0 Å². The third-order valence-electron chi connectivity index (χ3n) is 6.08. The summed E-state index contributed by atoms with van der Waals surface area (Å²) in [4.78, 5) is 25.4. The summed E-state index contributed by atoms with van der Waals surface area (Å²) in [6.07, 6.45) is 0. The van der Waals surface area contributed by atoms with Crippen LogP contribution in [0.1, 0.15) is 12.5 Å². The molecule has 4 aromatic rings. The van der Waals surface area contributed by atoms with Crippen molar-refractivity contribution >= 4 is 33.2 Å². The largest absolute Gasteiger partial charge is 0.497 e. The van der Waals surface area contributed by atoms with Gasteiger partial charge in [0.1, 0.15) is 10.4 Å². The Morgan fingerprint density at radius 2 is 1.97 bits per heavy atom. The van der Waals surface area contributed by atoms with Crippen LogP contribution in [0.25, 0.3) is 21.3 Å². The standard InChI is InChI=1S/C25H26N4O2S/c1-16-5-4-6-19(13-16)29-12-11-28(14-17(29)2)25-26-22-21(15-32-23(22)24(30)27-25)18-7-9-20(31-3)10-8-18/h4-10,13,15,17H,11-12,14H2,1-3H3,(H,26,27,30). The second-order valence-corrected chi connectivity index (χ2v) is 9.15. The van der Waals surface area contributed by atoms with Gasteiger partial charge in [-0.1, -0.05) is 24.3 Å². The lowest BCUT2D eigenvalue weighted by atomic mass is 10.1. The topological polar surface area (TPSA) is 61.5 Å². The maximum Gasteiger partial charge on any atom is 0.270 e. The van der Waals surface area contributed by atoms with Gasteiger partial charge in [-0.15, -0.1) is 11.3 Å². The molecule has 1 saturated heterocycles. The highest BCUT2D eigenvalue weighted by Gasteiger charge is 2.26. The number of fused-ring (bicyclic) bond motifs is 1. The predicted molar refractivity (Wildman–Crippen MR) is 132 cm³/mol. The number of thiophene rings is 1. The Morgan fingerprint density at radius 1 is 1.16 bits per heavy atom. The first-order valence-electron chi connectivity index (χ1n) is 10.8. The van der Waals surface area contributed by atoms with E-state index in [1.807, 2.05) is 29.6 Å². The van der Waals surface area contributed by atoms with Crippen LogP contribution in [0.15, 0.2) is 58.7 Å². The van der Waals surface area contributed by atoms with E-state index >= 15 is 0 Å². The molecule has 2 aromatic heterocycles. The van der Waals surface area contributed by atoms with E-state index in [0.29, 0.717) is 16.7 Å². The van der Waals surface area contributed by atoms with Crippen molar-refractivity contribution in [1.82, 2.24) is 9.97 Å². The molecule has 0 spiro atoms. The molecule has 1 atom stereocenters. The first-order chi connectivity index (χ1) is 15.5. The smallest absolute Gasteiger partial charge is 0.270 e. The summed E-state index contributed by atoms with van der Waals surface area (Å²) in [6, 6.07) is 16.8. The Balaban J connectivity index is 1.45. The number of methoxy groups -OCH3 is 1. The van der Waals surface area contributed by atoms with Crippen LogP contribution in [0.3, 0.4) is 0 Å². The minimum atomic E-state index is -0.0801. The number of hydrogen-bond acceptors (Lipinski definition) is 6. The van der Waals surface area contributed by atoms with Crippen molar-refractivity contribution in [3.63, 3.8) is 0 Å². The van der Waals surface area contributed by atoms with Crippen molar-refractivity contribution < 1.29 is 4.74 Å². The molecular weight excluding hydrogens is 420 g/mol. The minimum absolute atomic E-state index is 0.0801. The van der Waals surface area contributed by atoms with Gasteiger partial charge < -0.3 is 14.5 Å². The van der Waals surface area contributed by atoms with E-state index < -0.39 is 0 Å². The van der Waals surface area contributed by atoms with E-state index in [1.165, 1.54) is 22.6 Å². The summed E-state index contributed by atoms with van der Waals surface area (Å²) in [5.74, 6) is 1.45. The zero-order chi connectivity index (χ0) is 22.2. The van der Waals surface area contributed by atoms with E-state index in [-0.39, 0.29) is 5.56 Å². The molecule has 0 saturated carbocycles. The highest BCUT2D eigenvalue weighted by Crippen LogP contribution is 2.33. The van der Waals surface area contributed by atoms with Crippen LogP contribution in [0.5, 0.6) is 5.75 Å². The van der Waals surface area contributed by atoms with Crippen LogP contribution in [0, 0.1) is 6.92 Å². The van der Waals surface area contributed by atoms with Crippen molar-refractivity contribution in [3.05, 3.63) is 69.8 Å². The minimum Gasteiger partial charge on any atom is -0.497 e. The molecule has 32 heavy (non-hydrogen) atoms. The summed E-state index contributed by atoms with van der Waals surface area (Å²) in [5, 5.41) is 2.01. The molecule has 0 bridgehead atoms. The molecule has 0 aliphatic carbocycles. The summed E-state index contributed by atoms with van der Waals surface area (Å²) in [6.45, 7) is 6.81. The molecular formula is C25H26N4O2S. The number of ether oxygens (including phenoxy) is 1. The molecule has 6 nitrogen and oxygen atoms in total. The van der Waals surface area contributed by atoms with Gasteiger partial charge in [0.25, 0.3) is 5.56 Å². The lowest BCUT2D eigenvalue weighted by molar-refractivity contribution is 0.415. The Hall–Kier alpha value is -3.32. The predicted octanol–water partition coefficient (Wildman–Crippen LogP) is 4.68. The molecule has 0 amide bonds. The second kappa shape index (κ2) is 8.31. The van der Waals surface area contributed by atoms with Crippen LogP contribution in [0.2, 0.25) is 0 Å². The molecule has 1 aliphatic rings. The monoisotopic (exact) mass is 446 g/mol. The van der Waals surface area contributed by atoms with Crippen LogP contribution in [-0.4, -0.2) is 42.8 Å². The third-order valence-corrected chi connectivity index (χ3v) is 7.04. The van der Waals surface area contributed by atoms with Gasteiger partial charge in [-0.3, -0.25) is 9.78 Å². The van der Waals surface area contributed by atoms with Crippen molar-refractivity contribution in [3.8, 4) is 16.9 Å². The SMILES string of the molecule is COc1ccc(-c2csc3c(=O)[nH]c(N4CCN(c5cccc(C)c5)C(C)C4)nc23)cc1. The van der Waals surface area contributed by atoms with E-state index in [0.717, 1.165) is 42.0 Å². The highest BCUT2D eigenvalue weighted by atomic mass is 32.1. The van der Waals surface area contributed by atoms with E-state index in [1.54, 1.807) is 7.11 Å². The van der Waals surface area contributed by atoms with Gasteiger partial charge >= 0.3 is 0 Å². The zero-order valence-electron chi connectivity index (χ0n) is 18.5. The number of aryl methyl sites for hydroxylation is 1. The second-order valence-electron chi connectivity index (χ2n) is 8.27. The fourth-order valence-electron chi connectivity index (χ4n) is 4.38. The first kappa shape index (κ1) is 20.6. The fraction of sp³-hybridized carbons (Fsp3) is 0.280. The van der Waals surface area contributed by atoms with Crippen LogP contribution < -0.4 is 20.1 Å². The summed E-state index contributed by atoms with van der Waals surface area (Å²) >= 11 is 1.44. The Morgan fingerprint density at radius 3 is 2.69 bits per heavy atom. The highest BCUT2D eigenvalue weighted by molar-refractivity contribution is 7.17. The van der Waals surface area contributed by atoms with Gasteiger partial charge in [-0.2, -0.15) is 0 Å². The molecule has 2 aromatic carbocycles. The van der Waals surface area contributed by atoms with Gasteiger partial charge in [-0.05, 0) is 49.2 Å². The molecule has 1 unspecified atom stereocenters. The van der Waals surface area contributed by atoms with Crippen molar-refractivity contribution in [2.45, 2.75) is 19.9 Å². The van der Waals surface area contributed by atoms with E-state index in [4.69, 9.17) is 9.72 Å². The first-order valence-corrected chi connectivity index (χ1v) is 11.7. The molecule has 0 radical (unpaired) electrons. The van der Waals surface area contributed by atoms with Gasteiger partial charge in [0.05, 0.1) is 12.6 Å². The number of piperazine rings is 1. The molecule has 1 aliphatic heterocycles. The van der Waals surface area contributed by atoms with Crippen molar-refractivity contribution in [2.75, 3.05) is 36.5 Å². The van der Waals surface area contributed by atoms with Gasteiger partial charge in [0.2, 0.25) is 5.95 Å². The van der Waals surface area contributed by atoms with E-state index in [9.17, 15) is 4.79 Å². The normalized spacial score (nSPS) is 16.5. The van der Waals surface area contributed by atoms with Crippen LogP contribution in [0.4, 0.5) is 11.6 Å². The van der Waals surface area contributed by atoms with Crippen molar-refractivity contribution in [1.29, 1.82) is 0 Å². The molecule has 1 N–H and O–H groups in total. The van der Waals surface area contributed by atoms with Crippen LogP contribution in [-0.2, 0) is 0 Å². The number of nitrogens with one attached hydrogen (secondary N) is 1. The number of aromatic amines is 1. The van der Waals surface area contributed by atoms with Gasteiger partial charge in [-0.25, -0.2) is 4.98 Å². The quantitative estimate of drug-likeness (QED) is 0.493. The number of anilines is 2. The summed E-state index contributed by atoms with van der Waals surface area (Å²) in [5.41, 5.74) is 5.19.